The van der Waals surface area contributed by atoms with E-state index in [1.165, 1.54) is 5.56 Å². The summed E-state index contributed by atoms with van der Waals surface area (Å²) in [7, 11) is 2.08. The molecular formula is C14H21N3O. The number of ether oxygens (including phenoxy) is 1. The largest absolute Gasteiger partial charge is 0.493 e. The lowest BCUT2D eigenvalue weighted by atomic mass is 9.92. The molecule has 1 aromatic carbocycles. The molecule has 1 aromatic rings. The summed E-state index contributed by atoms with van der Waals surface area (Å²) in [6.07, 6.45) is 1.70. The number of nitrogens with two attached hydrogens (primary N) is 1. The third-order valence-corrected chi connectivity index (χ3v) is 3.38. The molecule has 1 atom stereocenters. The number of hydrogen-bond donors (Lipinski definition) is 2. The van der Waals surface area contributed by atoms with Crippen LogP contribution in [0.1, 0.15) is 24.3 Å². The predicted molar refractivity (Wildman–Crippen MR) is 73.3 cm³/mol. The Kier molecular flexibility index (Phi) is 4.20. The van der Waals surface area contributed by atoms with E-state index in [4.69, 9.17) is 15.9 Å². The zero-order valence-electron chi connectivity index (χ0n) is 10.9. The standard InChI is InChI=1S/C14H21N3O/c1-17(8-6-14(15)16)10-11-7-9-18-13-5-3-2-4-12(11)13/h2-5,11H,6-10H2,1H3,(H3,15,16). The van der Waals surface area contributed by atoms with Crippen LogP contribution in [0.3, 0.4) is 0 Å². The topological polar surface area (TPSA) is 62.3 Å². The van der Waals surface area contributed by atoms with Crippen molar-refractivity contribution in [2.45, 2.75) is 18.8 Å². The van der Waals surface area contributed by atoms with E-state index >= 15 is 0 Å². The van der Waals surface area contributed by atoms with E-state index in [9.17, 15) is 0 Å². The van der Waals surface area contributed by atoms with Gasteiger partial charge in [-0.1, -0.05) is 18.2 Å². The van der Waals surface area contributed by atoms with Crippen LogP contribution in [0, 0.1) is 5.41 Å². The van der Waals surface area contributed by atoms with E-state index in [0.29, 0.717) is 12.3 Å². The molecule has 0 amide bonds. The van der Waals surface area contributed by atoms with Crippen molar-refractivity contribution in [3.05, 3.63) is 29.8 Å². The van der Waals surface area contributed by atoms with Crippen molar-refractivity contribution in [1.82, 2.24) is 4.90 Å². The van der Waals surface area contributed by atoms with Gasteiger partial charge in [0.05, 0.1) is 12.4 Å². The summed E-state index contributed by atoms with van der Waals surface area (Å²) < 4.78 is 5.66. The van der Waals surface area contributed by atoms with E-state index in [1.807, 2.05) is 12.1 Å². The third-order valence-electron chi connectivity index (χ3n) is 3.38. The van der Waals surface area contributed by atoms with Crippen LogP contribution < -0.4 is 10.5 Å². The van der Waals surface area contributed by atoms with Gasteiger partial charge in [0.15, 0.2) is 0 Å². The summed E-state index contributed by atoms with van der Waals surface area (Å²) in [5.41, 5.74) is 6.69. The first-order valence-electron chi connectivity index (χ1n) is 6.40. The van der Waals surface area contributed by atoms with Crippen LogP contribution in [-0.4, -0.2) is 37.5 Å². The normalized spacial score (nSPS) is 18.2. The fraction of sp³-hybridized carbons (Fsp3) is 0.500. The molecular weight excluding hydrogens is 226 g/mol. The highest BCUT2D eigenvalue weighted by Gasteiger charge is 2.21. The van der Waals surface area contributed by atoms with Gasteiger partial charge in [0.1, 0.15) is 5.75 Å². The summed E-state index contributed by atoms with van der Waals surface area (Å²) in [4.78, 5) is 2.24. The Morgan fingerprint density at radius 3 is 3.06 bits per heavy atom. The number of hydrogen-bond acceptors (Lipinski definition) is 3. The van der Waals surface area contributed by atoms with Crippen molar-refractivity contribution in [2.75, 3.05) is 26.7 Å². The van der Waals surface area contributed by atoms with E-state index in [-0.39, 0.29) is 5.84 Å². The average Bonchev–Trinajstić information content (AvgIpc) is 2.37. The van der Waals surface area contributed by atoms with E-state index in [1.54, 1.807) is 0 Å². The molecule has 1 aliphatic heterocycles. The van der Waals surface area contributed by atoms with Crippen LogP contribution in [-0.2, 0) is 0 Å². The molecule has 1 heterocycles. The fourth-order valence-electron chi connectivity index (χ4n) is 2.38. The van der Waals surface area contributed by atoms with Gasteiger partial charge >= 0.3 is 0 Å². The molecule has 0 saturated heterocycles. The molecule has 18 heavy (non-hydrogen) atoms. The Hall–Kier alpha value is -1.55. The smallest absolute Gasteiger partial charge is 0.122 e. The van der Waals surface area contributed by atoms with E-state index in [2.05, 4.69) is 24.1 Å². The minimum absolute atomic E-state index is 0.259. The number of nitrogens with zero attached hydrogens (tertiary/aromatic N) is 1. The summed E-state index contributed by atoms with van der Waals surface area (Å²) in [5, 5.41) is 7.26. The number of likely N-dealkylation sites (N-methyl/N-ethyl adjacent to an activating group) is 1. The number of fused-ring (bicyclic) bond motifs is 1. The maximum absolute atomic E-state index is 7.26. The number of rotatable bonds is 5. The van der Waals surface area contributed by atoms with Crippen LogP contribution in [0.2, 0.25) is 0 Å². The van der Waals surface area contributed by atoms with Gasteiger partial charge in [-0.05, 0) is 25.1 Å². The van der Waals surface area contributed by atoms with Gasteiger partial charge in [-0.25, -0.2) is 0 Å². The van der Waals surface area contributed by atoms with Crippen molar-refractivity contribution in [2.24, 2.45) is 5.73 Å². The molecule has 4 nitrogen and oxygen atoms in total. The van der Waals surface area contributed by atoms with Crippen LogP contribution in [0.25, 0.3) is 0 Å². The van der Waals surface area contributed by atoms with E-state index in [0.717, 1.165) is 31.9 Å². The van der Waals surface area contributed by atoms with Gasteiger partial charge in [0, 0.05) is 25.4 Å². The molecule has 98 valence electrons. The van der Waals surface area contributed by atoms with Gasteiger partial charge < -0.3 is 15.4 Å². The van der Waals surface area contributed by atoms with Gasteiger partial charge in [-0.15, -0.1) is 0 Å². The molecule has 0 fully saturated rings. The lowest BCUT2D eigenvalue weighted by molar-refractivity contribution is 0.233. The molecule has 1 aliphatic rings. The molecule has 4 heteroatoms. The zero-order valence-corrected chi connectivity index (χ0v) is 10.9. The third kappa shape index (κ3) is 3.23. The van der Waals surface area contributed by atoms with Crippen molar-refractivity contribution in [3.8, 4) is 5.75 Å². The molecule has 0 aliphatic carbocycles. The van der Waals surface area contributed by atoms with Gasteiger partial charge in [-0.2, -0.15) is 0 Å². The Labute approximate surface area is 108 Å². The number of para-hydroxylation sites is 1. The van der Waals surface area contributed by atoms with Gasteiger partial charge in [0.25, 0.3) is 0 Å². The summed E-state index contributed by atoms with van der Waals surface area (Å²) in [5.74, 6) is 1.80. The quantitative estimate of drug-likeness (QED) is 0.616. The van der Waals surface area contributed by atoms with Crippen molar-refractivity contribution >= 4 is 5.84 Å². The molecule has 0 spiro atoms. The molecule has 3 N–H and O–H groups in total. The van der Waals surface area contributed by atoms with Crippen molar-refractivity contribution in [3.63, 3.8) is 0 Å². The Balaban J connectivity index is 1.96. The Morgan fingerprint density at radius 2 is 2.28 bits per heavy atom. The predicted octanol–water partition coefficient (Wildman–Crippen LogP) is 1.81. The number of amidine groups is 1. The number of nitrogens with one attached hydrogen (secondary N) is 1. The highest BCUT2D eigenvalue weighted by atomic mass is 16.5. The maximum Gasteiger partial charge on any atom is 0.122 e. The lowest BCUT2D eigenvalue weighted by Gasteiger charge is -2.29. The van der Waals surface area contributed by atoms with Crippen LogP contribution in [0.4, 0.5) is 0 Å². The minimum atomic E-state index is 0.259. The van der Waals surface area contributed by atoms with Gasteiger partial charge in [-0.3, -0.25) is 5.41 Å². The second-order valence-electron chi connectivity index (χ2n) is 4.91. The Bertz CT molecular complexity index is 419. The van der Waals surface area contributed by atoms with Crippen molar-refractivity contribution < 1.29 is 4.74 Å². The Morgan fingerprint density at radius 1 is 1.50 bits per heavy atom. The minimum Gasteiger partial charge on any atom is -0.493 e. The molecule has 0 saturated carbocycles. The highest BCUT2D eigenvalue weighted by Crippen LogP contribution is 2.33. The van der Waals surface area contributed by atoms with Crippen LogP contribution >= 0.6 is 0 Å². The second-order valence-corrected chi connectivity index (χ2v) is 4.91. The lowest BCUT2D eigenvalue weighted by Crippen LogP contribution is -2.30. The van der Waals surface area contributed by atoms with E-state index < -0.39 is 0 Å². The summed E-state index contributed by atoms with van der Waals surface area (Å²) >= 11 is 0. The van der Waals surface area contributed by atoms with Crippen molar-refractivity contribution in [1.29, 1.82) is 5.41 Å². The SMILES string of the molecule is CN(CCC(=N)N)CC1CCOc2ccccc21. The molecule has 0 bridgehead atoms. The van der Waals surface area contributed by atoms with Crippen LogP contribution in [0.5, 0.6) is 5.75 Å². The fourth-order valence-corrected chi connectivity index (χ4v) is 2.38. The molecule has 1 unspecified atom stereocenters. The van der Waals surface area contributed by atoms with Gasteiger partial charge in [0.2, 0.25) is 0 Å². The first-order valence-corrected chi connectivity index (χ1v) is 6.40. The first-order chi connectivity index (χ1) is 8.66. The monoisotopic (exact) mass is 247 g/mol. The highest BCUT2D eigenvalue weighted by molar-refractivity contribution is 5.76. The molecule has 0 radical (unpaired) electrons. The first kappa shape index (κ1) is 12.9. The average molecular weight is 247 g/mol. The molecule has 0 aromatic heterocycles. The summed E-state index contributed by atoms with van der Waals surface area (Å²) in [6.45, 7) is 2.63. The zero-order chi connectivity index (χ0) is 13.0. The summed E-state index contributed by atoms with van der Waals surface area (Å²) in [6, 6.07) is 8.27. The number of benzene rings is 1. The second kappa shape index (κ2) is 5.87. The molecule has 2 rings (SSSR count). The van der Waals surface area contributed by atoms with Crippen LogP contribution in [0.15, 0.2) is 24.3 Å². The maximum atomic E-state index is 7.26.